The van der Waals surface area contributed by atoms with Crippen LogP contribution in [0.5, 0.6) is 5.75 Å². The van der Waals surface area contributed by atoms with Gasteiger partial charge in [-0.1, -0.05) is 0 Å². The zero-order valence-electron chi connectivity index (χ0n) is 11.7. The van der Waals surface area contributed by atoms with Crippen LogP contribution in [0.3, 0.4) is 0 Å². The van der Waals surface area contributed by atoms with Crippen LogP contribution in [0.2, 0.25) is 0 Å². The lowest BCUT2D eigenvalue weighted by Gasteiger charge is -2.11. The molecule has 1 aromatic carbocycles. The average Bonchev–Trinajstić information content (AvgIpc) is 2.55. The molecule has 110 valence electrons. The molecule has 3 aromatic rings. The van der Waals surface area contributed by atoms with Gasteiger partial charge >= 0.3 is 0 Å². The number of ether oxygens (including phenoxy) is 1. The molecule has 0 radical (unpaired) electrons. The number of anilines is 1. The van der Waals surface area contributed by atoms with Gasteiger partial charge in [0.25, 0.3) is 5.91 Å². The van der Waals surface area contributed by atoms with Crippen LogP contribution in [0, 0.1) is 0 Å². The maximum atomic E-state index is 12.3. The van der Waals surface area contributed by atoms with Crippen LogP contribution in [0.25, 0.3) is 10.9 Å². The lowest BCUT2D eigenvalue weighted by atomic mass is 10.1. The van der Waals surface area contributed by atoms with E-state index in [2.05, 4.69) is 31.2 Å². The van der Waals surface area contributed by atoms with E-state index in [4.69, 9.17) is 4.74 Å². The fourth-order valence-corrected chi connectivity index (χ4v) is 2.52. The molecule has 0 fully saturated rings. The first-order valence-corrected chi connectivity index (χ1v) is 7.32. The third kappa shape index (κ3) is 2.78. The van der Waals surface area contributed by atoms with E-state index in [0.717, 1.165) is 9.86 Å². The Morgan fingerprint density at radius 3 is 2.91 bits per heavy atom. The van der Waals surface area contributed by atoms with Gasteiger partial charge in [0.15, 0.2) is 0 Å². The topological polar surface area (TPSA) is 64.1 Å². The van der Waals surface area contributed by atoms with E-state index in [0.29, 0.717) is 22.5 Å². The minimum Gasteiger partial charge on any atom is -0.494 e. The summed E-state index contributed by atoms with van der Waals surface area (Å²) in [7, 11) is 1.59. The average molecular weight is 358 g/mol. The number of carbonyl (C=O) groups excluding carboxylic acids is 1. The summed E-state index contributed by atoms with van der Waals surface area (Å²) >= 11 is 3.31. The number of nitrogens with zero attached hydrogens (tertiary/aromatic N) is 2. The van der Waals surface area contributed by atoms with E-state index in [9.17, 15) is 4.79 Å². The summed E-state index contributed by atoms with van der Waals surface area (Å²) in [5.41, 5.74) is 1.85. The number of methoxy groups -OCH3 is 1. The number of halogens is 1. The van der Waals surface area contributed by atoms with Crippen molar-refractivity contribution in [3.63, 3.8) is 0 Å². The molecule has 0 aliphatic heterocycles. The maximum Gasteiger partial charge on any atom is 0.257 e. The molecule has 22 heavy (non-hydrogen) atoms. The van der Waals surface area contributed by atoms with Gasteiger partial charge in [-0.2, -0.15) is 0 Å². The second-order valence-corrected chi connectivity index (χ2v) is 5.48. The number of hydrogen-bond donors (Lipinski definition) is 1. The van der Waals surface area contributed by atoms with Crippen LogP contribution in [0.1, 0.15) is 10.4 Å². The second-order valence-electron chi connectivity index (χ2n) is 4.56. The molecule has 0 unspecified atom stereocenters. The van der Waals surface area contributed by atoms with Gasteiger partial charge in [0.1, 0.15) is 11.3 Å². The Morgan fingerprint density at radius 2 is 2.14 bits per heavy atom. The fourth-order valence-electron chi connectivity index (χ4n) is 2.15. The molecule has 0 saturated carbocycles. The minimum atomic E-state index is -0.232. The van der Waals surface area contributed by atoms with Crippen molar-refractivity contribution in [2.45, 2.75) is 0 Å². The van der Waals surface area contributed by atoms with Gasteiger partial charge in [0.05, 0.1) is 18.4 Å². The molecule has 2 heterocycles. The van der Waals surface area contributed by atoms with E-state index in [1.54, 1.807) is 37.7 Å². The monoisotopic (exact) mass is 357 g/mol. The Hall–Kier alpha value is -2.47. The zero-order chi connectivity index (χ0) is 15.5. The number of pyridine rings is 2. The Kier molecular flexibility index (Phi) is 4.02. The lowest BCUT2D eigenvalue weighted by molar-refractivity contribution is 0.102. The van der Waals surface area contributed by atoms with Gasteiger partial charge in [-0.25, -0.2) is 0 Å². The van der Waals surface area contributed by atoms with Crippen molar-refractivity contribution < 1.29 is 9.53 Å². The summed E-state index contributed by atoms with van der Waals surface area (Å²) in [6.07, 6.45) is 4.84. The van der Waals surface area contributed by atoms with Crippen LogP contribution in [-0.4, -0.2) is 23.0 Å². The molecule has 0 bridgehead atoms. The number of hydrogen-bond acceptors (Lipinski definition) is 4. The molecular formula is C16H12BrN3O2. The maximum absolute atomic E-state index is 12.3. The van der Waals surface area contributed by atoms with Crippen molar-refractivity contribution in [1.82, 2.24) is 9.97 Å². The smallest absolute Gasteiger partial charge is 0.257 e. The minimum absolute atomic E-state index is 0.232. The lowest BCUT2D eigenvalue weighted by Crippen LogP contribution is -2.12. The summed E-state index contributed by atoms with van der Waals surface area (Å²) in [4.78, 5) is 20.6. The number of fused-ring (bicyclic) bond motifs is 1. The van der Waals surface area contributed by atoms with Gasteiger partial charge in [-0.05, 0) is 46.3 Å². The Balaban J connectivity index is 1.99. The van der Waals surface area contributed by atoms with E-state index in [1.165, 1.54) is 6.20 Å². The summed E-state index contributed by atoms with van der Waals surface area (Å²) in [5, 5.41) is 3.70. The Morgan fingerprint density at radius 1 is 1.27 bits per heavy atom. The highest BCUT2D eigenvalue weighted by Crippen LogP contribution is 2.30. The molecule has 0 saturated heterocycles. The zero-order valence-corrected chi connectivity index (χ0v) is 13.3. The molecule has 0 aliphatic carbocycles. The van der Waals surface area contributed by atoms with Crippen LogP contribution >= 0.6 is 15.9 Å². The highest BCUT2D eigenvalue weighted by Gasteiger charge is 2.11. The number of rotatable bonds is 3. The van der Waals surface area contributed by atoms with Crippen molar-refractivity contribution >= 4 is 38.4 Å². The standard InChI is InChI=1S/C16H12BrN3O2/c1-22-14-5-4-13(12-3-2-6-19-15(12)14)20-16(21)10-7-11(17)9-18-8-10/h2-9H,1H3,(H,20,21). The molecule has 0 aliphatic rings. The van der Waals surface area contributed by atoms with Gasteiger partial charge in [-0.3, -0.25) is 14.8 Å². The predicted molar refractivity (Wildman–Crippen MR) is 88.2 cm³/mol. The van der Waals surface area contributed by atoms with Crippen LogP contribution < -0.4 is 10.1 Å². The Labute approximate surface area is 135 Å². The van der Waals surface area contributed by atoms with Crippen LogP contribution in [0.15, 0.2) is 53.4 Å². The van der Waals surface area contributed by atoms with E-state index in [1.807, 2.05) is 12.1 Å². The molecule has 6 heteroatoms. The molecule has 3 rings (SSSR count). The van der Waals surface area contributed by atoms with Crippen molar-refractivity contribution in [3.8, 4) is 5.75 Å². The number of amides is 1. The number of aromatic nitrogens is 2. The second kappa shape index (κ2) is 6.11. The Bertz CT molecular complexity index is 852. The van der Waals surface area contributed by atoms with Gasteiger partial charge in [0.2, 0.25) is 0 Å². The SMILES string of the molecule is COc1ccc(NC(=O)c2cncc(Br)c2)c2cccnc12. The number of benzene rings is 1. The normalized spacial score (nSPS) is 10.5. The quantitative estimate of drug-likeness (QED) is 0.776. The van der Waals surface area contributed by atoms with Gasteiger partial charge in [-0.15, -0.1) is 0 Å². The van der Waals surface area contributed by atoms with Crippen molar-refractivity contribution in [1.29, 1.82) is 0 Å². The largest absolute Gasteiger partial charge is 0.494 e. The summed E-state index contributed by atoms with van der Waals surface area (Å²) in [6.45, 7) is 0. The molecule has 1 N–H and O–H groups in total. The van der Waals surface area contributed by atoms with Crippen molar-refractivity contribution in [3.05, 3.63) is 59.0 Å². The molecule has 2 aromatic heterocycles. The third-order valence-corrected chi connectivity index (χ3v) is 3.60. The van der Waals surface area contributed by atoms with Crippen molar-refractivity contribution in [2.75, 3.05) is 12.4 Å². The molecule has 5 nitrogen and oxygen atoms in total. The highest BCUT2D eigenvalue weighted by atomic mass is 79.9. The fraction of sp³-hybridized carbons (Fsp3) is 0.0625. The molecule has 0 atom stereocenters. The van der Waals surface area contributed by atoms with E-state index in [-0.39, 0.29) is 5.91 Å². The summed E-state index contributed by atoms with van der Waals surface area (Å²) < 4.78 is 6.05. The first-order valence-electron chi connectivity index (χ1n) is 6.52. The molecular weight excluding hydrogens is 346 g/mol. The summed E-state index contributed by atoms with van der Waals surface area (Å²) in [6, 6.07) is 9.00. The predicted octanol–water partition coefficient (Wildman–Crippen LogP) is 3.65. The van der Waals surface area contributed by atoms with Gasteiger partial charge in [0, 0.05) is 28.4 Å². The number of nitrogens with one attached hydrogen (secondary N) is 1. The van der Waals surface area contributed by atoms with Crippen molar-refractivity contribution in [2.24, 2.45) is 0 Å². The molecule has 1 amide bonds. The first kappa shape index (κ1) is 14.5. The highest BCUT2D eigenvalue weighted by molar-refractivity contribution is 9.10. The first-order chi connectivity index (χ1) is 10.7. The third-order valence-electron chi connectivity index (χ3n) is 3.17. The summed E-state index contributed by atoms with van der Waals surface area (Å²) in [5.74, 6) is 0.432. The molecule has 0 spiro atoms. The van der Waals surface area contributed by atoms with Crippen LogP contribution in [-0.2, 0) is 0 Å². The van der Waals surface area contributed by atoms with Crippen LogP contribution in [0.4, 0.5) is 5.69 Å². The van der Waals surface area contributed by atoms with E-state index < -0.39 is 0 Å². The van der Waals surface area contributed by atoms with E-state index >= 15 is 0 Å². The number of carbonyl (C=O) groups is 1. The van der Waals surface area contributed by atoms with Gasteiger partial charge < -0.3 is 10.1 Å².